The SMILES string of the molecule is CCc1nc(C2CC(=O)Nc3c2cnn3Cc2ccccc2C(F)(F)F)c(C)[nH]1. The molecule has 2 N–H and O–H groups in total. The van der Waals surface area contributed by atoms with Gasteiger partial charge in [0.05, 0.1) is 24.0 Å². The molecule has 6 nitrogen and oxygen atoms in total. The van der Waals surface area contributed by atoms with Gasteiger partial charge in [-0.25, -0.2) is 9.67 Å². The van der Waals surface area contributed by atoms with Crippen molar-refractivity contribution in [2.24, 2.45) is 0 Å². The number of nitrogens with zero attached hydrogens (tertiary/aromatic N) is 3. The number of nitrogens with one attached hydrogen (secondary N) is 2. The predicted octanol–water partition coefficient (Wildman–Crippen LogP) is 4.02. The second kappa shape index (κ2) is 7.06. The van der Waals surface area contributed by atoms with Crippen molar-refractivity contribution >= 4 is 11.7 Å². The van der Waals surface area contributed by atoms with E-state index in [0.717, 1.165) is 35.3 Å². The summed E-state index contributed by atoms with van der Waals surface area (Å²) in [5.41, 5.74) is 1.78. The molecule has 0 saturated heterocycles. The number of aryl methyl sites for hydroxylation is 2. The maximum atomic E-state index is 13.3. The van der Waals surface area contributed by atoms with E-state index in [2.05, 4.69) is 20.4 Å². The highest BCUT2D eigenvalue weighted by Gasteiger charge is 2.35. The van der Waals surface area contributed by atoms with Crippen LogP contribution in [-0.2, 0) is 23.9 Å². The van der Waals surface area contributed by atoms with Crippen molar-refractivity contribution < 1.29 is 18.0 Å². The van der Waals surface area contributed by atoms with Crippen molar-refractivity contribution in [3.8, 4) is 0 Å². The Morgan fingerprint density at radius 3 is 2.72 bits per heavy atom. The normalized spacial score (nSPS) is 16.6. The van der Waals surface area contributed by atoms with Crippen molar-refractivity contribution in [3.63, 3.8) is 0 Å². The van der Waals surface area contributed by atoms with Crippen LogP contribution in [0, 0.1) is 6.92 Å². The highest BCUT2D eigenvalue weighted by atomic mass is 19.4. The summed E-state index contributed by atoms with van der Waals surface area (Å²) in [4.78, 5) is 20.2. The molecule has 0 fully saturated rings. The lowest BCUT2D eigenvalue weighted by Gasteiger charge is -2.23. The Morgan fingerprint density at radius 2 is 2.03 bits per heavy atom. The summed E-state index contributed by atoms with van der Waals surface area (Å²) >= 11 is 0. The first-order valence-corrected chi connectivity index (χ1v) is 9.34. The number of aromatic amines is 1. The maximum Gasteiger partial charge on any atom is 0.416 e. The molecule has 0 aliphatic carbocycles. The number of anilines is 1. The van der Waals surface area contributed by atoms with Crippen LogP contribution in [0.2, 0.25) is 0 Å². The highest BCUT2D eigenvalue weighted by molar-refractivity contribution is 5.94. The zero-order valence-corrected chi connectivity index (χ0v) is 16.0. The van der Waals surface area contributed by atoms with Gasteiger partial charge in [0.1, 0.15) is 11.6 Å². The topological polar surface area (TPSA) is 75.6 Å². The van der Waals surface area contributed by atoms with Gasteiger partial charge in [0.25, 0.3) is 0 Å². The van der Waals surface area contributed by atoms with Crippen LogP contribution in [0.5, 0.6) is 0 Å². The lowest BCUT2D eigenvalue weighted by Crippen LogP contribution is -2.25. The second-order valence-electron chi connectivity index (χ2n) is 7.11. The van der Waals surface area contributed by atoms with Gasteiger partial charge in [-0.15, -0.1) is 0 Å². The molecule has 1 aliphatic heterocycles. The molecule has 1 atom stereocenters. The number of H-pyrrole nitrogens is 1. The van der Waals surface area contributed by atoms with E-state index in [1.54, 1.807) is 12.3 Å². The number of hydrogen-bond donors (Lipinski definition) is 2. The van der Waals surface area contributed by atoms with Crippen molar-refractivity contribution in [3.05, 3.63) is 64.4 Å². The minimum atomic E-state index is -4.46. The summed E-state index contributed by atoms with van der Waals surface area (Å²) in [6.07, 6.45) is -1.90. The summed E-state index contributed by atoms with van der Waals surface area (Å²) < 4.78 is 41.4. The first-order chi connectivity index (χ1) is 13.8. The zero-order chi connectivity index (χ0) is 20.8. The number of halogens is 3. The van der Waals surface area contributed by atoms with Crippen LogP contribution in [0.4, 0.5) is 19.0 Å². The lowest BCUT2D eigenvalue weighted by atomic mass is 9.90. The van der Waals surface area contributed by atoms with Crippen LogP contribution in [0.15, 0.2) is 30.5 Å². The fourth-order valence-corrected chi connectivity index (χ4v) is 3.77. The van der Waals surface area contributed by atoms with Crippen molar-refractivity contribution in [2.45, 2.75) is 45.3 Å². The molecule has 3 heterocycles. The van der Waals surface area contributed by atoms with Gasteiger partial charge in [0.2, 0.25) is 5.91 Å². The average molecular weight is 403 g/mol. The molecule has 0 spiro atoms. The van der Waals surface area contributed by atoms with Gasteiger partial charge in [-0.2, -0.15) is 18.3 Å². The number of aromatic nitrogens is 4. The number of fused-ring (bicyclic) bond motifs is 1. The third-order valence-corrected chi connectivity index (χ3v) is 5.17. The van der Waals surface area contributed by atoms with Crippen LogP contribution in [0.3, 0.4) is 0 Å². The molecular weight excluding hydrogens is 383 g/mol. The molecule has 9 heteroatoms. The number of carbonyl (C=O) groups is 1. The number of carbonyl (C=O) groups excluding carboxylic acids is 1. The number of rotatable bonds is 4. The molecule has 1 aliphatic rings. The zero-order valence-electron chi connectivity index (χ0n) is 16.0. The van der Waals surface area contributed by atoms with Gasteiger partial charge in [0.15, 0.2) is 0 Å². The van der Waals surface area contributed by atoms with Gasteiger partial charge < -0.3 is 10.3 Å². The van der Waals surface area contributed by atoms with E-state index in [4.69, 9.17) is 0 Å². The maximum absolute atomic E-state index is 13.3. The van der Waals surface area contributed by atoms with Crippen LogP contribution in [0.25, 0.3) is 0 Å². The summed E-state index contributed by atoms with van der Waals surface area (Å²) in [7, 11) is 0. The van der Waals surface area contributed by atoms with Crippen LogP contribution in [0.1, 0.15) is 53.2 Å². The first-order valence-electron chi connectivity index (χ1n) is 9.34. The van der Waals surface area contributed by atoms with E-state index >= 15 is 0 Å². The quantitative estimate of drug-likeness (QED) is 0.691. The molecule has 0 saturated carbocycles. The van der Waals surface area contributed by atoms with Gasteiger partial charge in [0, 0.05) is 30.0 Å². The molecule has 3 aromatic rings. The number of alkyl halides is 3. The number of hydrogen-bond acceptors (Lipinski definition) is 3. The summed E-state index contributed by atoms with van der Waals surface area (Å²) in [6.45, 7) is 3.78. The van der Waals surface area contributed by atoms with E-state index in [1.165, 1.54) is 16.8 Å². The number of benzene rings is 1. The number of amides is 1. The standard InChI is InChI=1S/C20H20F3N5O/c1-3-16-25-11(2)18(26-16)13-8-17(29)27-19-14(13)9-24-28(19)10-12-6-4-5-7-15(12)20(21,22)23/h4-7,9,13H,3,8,10H2,1-2H3,(H,25,26)(H,27,29). The minimum Gasteiger partial charge on any atom is -0.346 e. The van der Waals surface area contributed by atoms with Gasteiger partial charge >= 0.3 is 6.18 Å². The average Bonchev–Trinajstić information content (AvgIpc) is 3.24. The molecule has 0 bridgehead atoms. The molecule has 2 aromatic heterocycles. The fourth-order valence-electron chi connectivity index (χ4n) is 3.77. The smallest absolute Gasteiger partial charge is 0.346 e. The van der Waals surface area contributed by atoms with E-state index in [1.807, 2.05) is 13.8 Å². The third-order valence-electron chi connectivity index (χ3n) is 5.17. The molecule has 0 radical (unpaired) electrons. The lowest BCUT2D eigenvalue weighted by molar-refractivity contribution is -0.138. The Morgan fingerprint density at radius 1 is 1.28 bits per heavy atom. The fraction of sp³-hybridized carbons (Fsp3) is 0.350. The third kappa shape index (κ3) is 3.52. The largest absolute Gasteiger partial charge is 0.416 e. The summed E-state index contributed by atoms with van der Waals surface area (Å²) in [5.74, 6) is 0.746. The first kappa shape index (κ1) is 19.2. The van der Waals surface area contributed by atoms with E-state index in [0.29, 0.717) is 5.82 Å². The Balaban J connectivity index is 1.73. The van der Waals surface area contributed by atoms with Crippen LogP contribution < -0.4 is 5.32 Å². The Kier molecular flexibility index (Phi) is 4.68. The molecule has 152 valence electrons. The van der Waals surface area contributed by atoms with E-state index < -0.39 is 11.7 Å². The van der Waals surface area contributed by atoms with Gasteiger partial charge in [-0.05, 0) is 18.6 Å². The summed E-state index contributed by atoms with van der Waals surface area (Å²) in [5, 5.41) is 7.05. The van der Waals surface area contributed by atoms with Crippen LogP contribution in [-0.4, -0.2) is 25.7 Å². The van der Waals surface area contributed by atoms with Gasteiger partial charge in [-0.1, -0.05) is 25.1 Å². The minimum absolute atomic E-state index is 0.0893. The van der Waals surface area contributed by atoms with Crippen molar-refractivity contribution in [2.75, 3.05) is 5.32 Å². The predicted molar refractivity (Wildman–Crippen MR) is 101 cm³/mol. The number of imidazole rings is 1. The van der Waals surface area contributed by atoms with E-state index in [-0.39, 0.29) is 30.4 Å². The van der Waals surface area contributed by atoms with E-state index in [9.17, 15) is 18.0 Å². The molecule has 1 unspecified atom stereocenters. The van der Waals surface area contributed by atoms with Gasteiger partial charge in [-0.3, -0.25) is 4.79 Å². The summed E-state index contributed by atoms with van der Waals surface area (Å²) in [6, 6.07) is 5.38. The molecular formula is C20H20F3N5O. The molecule has 1 aromatic carbocycles. The second-order valence-corrected chi connectivity index (χ2v) is 7.11. The monoisotopic (exact) mass is 403 g/mol. The van der Waals surface area contributed by atoms with Crippen molar-refractivity contribution in [1.29, 1.82) is 0 Å². The Hall–Kier alpha value is -3.10. The van der Waals surface area contributed by atoms with Crippen molar-refractivity contribution in [1.82, 2.24) is 19.7 Å². The molecule has 29 heavy (non-hydrogen) atoms. The Bertz CT molecular complexity index is 1070. The Labute approximate surface area is 165 Å². The molecule has 4 rings (SSSR count). The molecule has 1 amide bonds. The highest BCUT2D eigenvalue weighted by Crippen LogP contribution is 2.38. The van der Waals surface area contributed by atoms with Crippen LogP contribution >= 0.6 is 0 Å².